The van der Waals surface area contributed by atoms with Crippen molar-refractivity contribution >= 4 is 30.7 Å². The van der Waals surface area contributed by atoms with Gasteiger partial charge in [0.1, 0.15) is 0 Å². The Labute approximate surface area is 163 Å². The normalized spacial score (nSPS) is 38.1. The summed E-state index contributed by atoms with van der Waals surface area (Å²) in [6.07, 6.45) is 6.07. The Bertz CT molecular complexity index is 446. The first-order valence-electron chi connectivity index (χ1n) is 9.57. The molecule has 1 amide bonds. The maximum atomic E-state index is 13.1. The maximum Gasteiger partial charge on any atom is 0.227 e. The van der Waals surface area contributed by atoms with Crippen LogP contribution in [0.15, 0.2) is 0 Å². The van der Waals surface area contributed by atoms with E-state index in [0.717, 1.165) is 52.4 Å². The zero-order valence-electron chi connectivity index (χ0n) is 15.0. The van der Waals surface area contributed by atoms with Gasteiger partial charge in [0, 0.05) is 38.8 Å². The summed E-state index contributed by atoms with van der Waals surface area (Å²) in [4.78, 5) is 17.7. The van der Waals surface area contributed by atoms with Crippen LogP contribution in [-0.2, 0) is 9.53 Å². The number of fused-ring (bicyclic) bond motifs is 2. The number of nitrogens with zero attached hydrogens (tertiary/aromatic N) is 2. The van der Waals surface area contributed by atoms with Gasteiger partial charge in [0.05, 0.1) is 19.1 Å². The van der Waals surface area contributed by atoms with E-state index in [1.165, 1.54) is 25.7 Å². The molecule has 4 rings (SSSR count). The number of amides is 1. The van der Waals surface area contributed by atoms with Crippen LogP contribution >= 0.6 is 24.8 Å². The summed E-state index contributed by atoms with van der Waals surface area (Å²) >= 11 is 0. The predicted octanol–water partition coefficient (Wildman–Crippen LogP) is 1.77. The molecule has 5 nitrogen and oxygen atoms in total. The average Bonchev–Trinajstić information content (AvgIpc) is 3.17. The lowest BCUT2D eigenvalue weighted by Gasteiger charge is -2.39. The first-order valence-corrected chi connectivity index (χ1v) is 9.57. The van der Waals surface area contributed by atoms with E-state index >= 15 is 0 Å². The van der Waals surface area contributed by atoms with Crippen LogP contribution in [0.5, 0.6) is 0 Å². The number of halogens is 2. The van der Waals surface area contributed by atoms with Crippen molar-refractivity contribution in [2.24, 2.45) is 29.4 Å². The summed E-state index contributed by atoms with van der Waals surface area (Å²) < 4.78 is 5.44. The zero-order valence-corrected chi connectivity index (χ0v) is 16.6. The van der Waals surface area contributed by atoms with Crippen LogP contribution in [-0.4, -0.2) is 67.7 Å². The number of hydrogen-bond donors (Lipinski definition) is 1. The lowest BCUT2D eigenvalue weighted by atomic mass is 9.83. The molecule has 2 aliphatic carbocycles. The fourth-order valence-electron chi connectivity index (χ4n) is 5.48. The van der Waals surface area contributed by atoms with Crippen molar-refractivity contribution in [3.8, 4) is 0 Å². The number of hydrogen-bond acceptors (Lipinski definition) is 4. The van der Waals surface area contributed by atoms with Crippen molar-refractivity contribution in [1.29, 1.82) is 0 Å². The third-order valence-corrected chi connectivity index (χ3v) is 6.72. The number of carbonyl (C=O) groups is 1. The topological polar surface area (TPSA) is 58.8 Å². The molecule has 2 heterocycles. The molecule has 2 aliphatic heterocycles. The second kappa shape index (κ2) is 9.23. The van der Waals surface area contributed by atoms with Crippen LogP contribution < -0.4 is 5.73 Å². The van der Waals surface area contributed by atoms with Crippen molar-refractivity contribution in [1.82, 2.24) is 9.80 Å². The fourth-order valence-corrected chi connectivity index (χ4v) is 5.48. The highest BCUT2D eigenvalue weighted by molar-refractivity contribution is 5.85. The first-order chi connectivity index (χ1) is 11.2. The Hall–Kier alpha value is -0.0700. The molecule has 5 unspecified atom stereocenters. The third kappa shape index (κ3) is 4.44. The molecule has 4 aliphatic rings. The lowest BCUT2D eigenvalue weighted by Crippen LogP contribution is -2.51. The SMILES string of the molecule is Cl.Cl.NC1C2CCC(C2)C1C(=O)N1CCCC(CN2CCOCC2)C1. The van der Waals surface area contributed by atoms with E-state index in [4.69, 9.17) is 10.5 Å². The van der Waals surface area contributed by atoms with E-state index in [0.29, 0.717) is 23.7 Å². The summed E-state index contributed by atoms with van der Waals surface area (Å²) in [5.41, 5.74) is 6.39. The van der Waals surface area contributed by atoms with Gasteiger partial charge in [0.15, 0.2) is 0 Å². The summed E-state index contributed by atoms with van der Waals surface area (Å²) in [5.74, 6) is 2.30. The van der Waals surface area contributed by atoms with Gasteiger partial charge < -0.3 is 15.4 Å². The summed E-state index contributed by atoms with van der Waals surface area (Å²) in [6.45, 7) is 6.81. The van der Waals surface area contributed by atoms with Gasteiger partial charge in [0.2, 0.25) is 5.91 Å². The van der Waals surface area contributed by atoms with Gasteiger partial charge in [-0.2, -0.15) is 0 Å². The van der Waals surface area contributed by atoms with E-state index in [9.17, 15) is 4.79 Å². The minimum atomic E-state index is 0. The van der Waals surface area contributed by atoms with Crippen LogP contribution in [0.2, 0.25) is 0 Å². The molecule has 5 atom stereocenters. The molecule has 0 aromatic heterocycles. The average molecular weight is 394 g/mol. The highest BCUT2D eigenvalue weighted by Crippen LogP contribution is 2.48. The molecule has 146 valence electrons. The standard InChI is InChI=1S/C18H31N3O2.2ClH/c19-17-15-4-3-14(10-15)16(17)18(22)21-5-1-2-13(12-21)11-20-6-8-23-9-7-20;;/h13-17H,1-12,19H2;2*1H. The van der Waals surface area contributed by atoms with Crippen LogP contribution in [0.4, 0.5) is 0 Å². The minimum Gasteiger partial charge on any atom is -0.379 e. The minimum absolute atomic E-state index is 0. The number of piperidine rings is 1. The predicted molar refractivity (Wildman–Crippen MR) is 103 cm³/mol. The summed E-state index contributed by atoms with van der Waals surface area (Å²) in [7, 11) is 0. The van der Waals surface area contributed by atoms with E-state index in [1.54, 1.807) is 0 Å². The van der Waals surface area contributed by atoms with Gasteiger partial charge in [-0.15, -0.1) is 24.8 Å². The first kappa shape index (κ1) is 21.2. The van der Waals surface area contributed by atoms with Gasteiger partial charge >= 0.3 is 0 Å². The second-order valence-corrected chi connectivity index (χ2v) is 8.14. The van der Waals surface area contributed by atoms with Crippen LogP contribution in [0.25, 0.3) is 0 Å². The van der Waals surface area contributed by atoms with Crippen LogP contribution in [0.1, 0.15) is 32.1 Å². The van der Waals surface area contributed by atoms with Gasteiger partial charge in [-0.05, 0) is 49.9 Å². The Morgan fingerprint density at radius 1 is 1.04 bits per heavy atom. The fraction of sp³-hybridized carbons (Fsp3) is 0.944. The van der Waals surface area contributed by atoms with E-state index < -0.39 is 0 Å². The monoisotopic (exact) mass is 393 g/mol. The van der Waals surface area contributed by atoms with Crippen molar-refractivity contribution in [2.75, 3.05) is 45.9 Å². The molecule has 25 heavy (non-hydrogen) atoms. The summed E-state index contributed by atoms with van der Waals surface area (Å²) in [6, 6.07) is 0.126. The van der Waals surface area contributed by atoms with Gasteiger partial charge in [0.25, 0.3) is 0 Å². The molecule has 0 aromatic carbocycles. The third-order valence-electron chi connectivity index (χ3n) is 6.72. The molecule has 7 heteroatoms. The largest absolute Gasteiger partial charge is 0.379 e. The summed E-state index contributed by atoms with van der Waals surface area (Å²) in [5, 5.41) is 0. The molecule has 4 fully saturated rings. The quantitative estimate of drug-likeness (QED) is 0.793. The van der Waals surface area contributed by atoms with E-state index in [2.05, 4.69) is 9.80 Å². The smallest absolute Gasteiger partial charge is 0.227 e. The Morgan fingerprint density at radius 2 is 1.76 bits per heavy atom. The van der Waals surface area contributed by atoms with Gasteiger partial charge in [-0.25, -0.2) is 0 Å². The Morgan fingerprint density at radius 3 is 2.44 bits per heavy atom. The van der Waals surface area contributed by atoms with Crippen LogP contribution in [0.3, 0.4) is 0 Å². The van der Waals surface area contributed by atoms with Crippen molar-refractivity contribution in [3.05, 3.63) is 0 Å². The highest BCUT2D eigenvalue weighted by Gasteiger charge is 2.50. The second-order valence-electron chi connectivity index (χ2n) is 8.14. The molecule has 0 spiro atoms. The number of ether oxygens (including phenoxy) is 1. The Kier molecular flexibility index (Phi) is 7.84. The number of rotatable bonds is 3. The Balaban J connectivity index is 0.00000113. The van der Waals surface area contributed by atoms with Crippen molar-refractivity contribution in [2.45, 2.75) is 38.1 Å². The van der Waals surface area contributed by atoms with E-state index in [-0.39, 0.29) is 36.8 Å². The molecule has 2 saturated heterocycles. The molecular formula is C18H33Cl2N3O2. The van der Waals surface area contributed by atoms with Crippen molar-refractivity contribution in [3.63, 3.8) is 0 Å². The zero-order chi connectivity index (χ0) is 15.8. The number of likely N-dealkylation sites (tertiary alicyclic amines) is 1. The maximum absolute atomic E-state index is 13.1. The van der Waals surface area contributed by atoms with Crippen LogP contribution in [0, 0.1) is 23.7 Å². The molecule has 2 bridgehead atoms. The van der Waals surface area contributed by atoms with Gasteiger partial charge in [-0.1, -0.05) is 0 Å². The van der Waals surface area contributed by atoms with E-state index in [1.807, 2.05) is 0 Å². The highest BCUT2D eigenvalue weighted by atomic mass is 35.5. The molecule has 2 N–H and O–H groups in total. The van der Waals surface area contributed by atoms with Crippen molar-refractivity contribution < 1.29 is 9.53 Å². The lowest BCUT2D eigenvalue weighted by molar-refractivity contribution is -0.139. The number of nitrogens with two attached hydrogens (primary N) is 1. The molecule has 2 saturated carbocycles. The molecular weight excluding hydrogens is 361 g/mol. The molecule has 0 radical (unpaired) electrons. The molecule has 0 aromatic rings. The number of morpholine rings is 1. The van der Waals surface area contributed by atoms with Gasteiger partial charge in [-0.3, -0.25) is 9.69 Å². The number of carbonyl (C=O) groups excluding carboxylic acids is 1.